The van der Waals surface area contributed by atoms with Gasteiger partial charge in [0.05, 0.1) is 12.9 Å². The van der Waals surface area contributed by atoms with Crippen LogP contribution in [-0.2, 0) is 31.4 Å². The number of hydrogen-bond donors (Lipinski definition) is 2. The van der Waals surface area contributed by atoms with Crippen molar-refractivity contribution in [2.75, 3.05) is 11.5 Å². The normalized spacial score (nSPS) is 27.7. The van der Waals surface area contributed by atoms with E-state index in [1.54, 1.807) is 4.57 Å². The average molecular weight is 509 g/mol. The van der Waals surface area contributed by atoms with Gasteiger partial charge in [0.1, 0.15) is 24.6 Å². The summed E-state index contributed by atoms with van der Waals surface area (Å²) in [6.45, 7) is 1.03. The summed E-state index contributed by atoms with van der Waals surface area (Å²) < 4.78 is 29.3. The fourth-order valence-corrected chi connectivity index (χ4v) is 5.60. The lowest BCUT2D eigenvalue weighted by atomic mass is 10.1. The summed E-state index contributed by atoms with van der Waals surface area (Å²) in [4.78, 5) is 25.4. The number of ether oxygens (including phenoxy) is 1. The number of imidazole rings is 1. The Morgan fingerprint density at radius 1 is 1.00 bits per heavy atom. The number of fused-ring (bicyclic) bond motifs is 2. The van der Waals surface area contributed by atoms with Crippen molar-refractivity contribution in [2.45, 2.75) is 37.6 Å². The molecule has 2 aromatic heterocycles. The number of aliphatic hydroxyl groups is 1. The van der Waals surface area contributed by atoms with Crippen LogP contribution in [0.2, 0.25) is 0 Å². The monoisotopic (exact) mass is 509 g/mol. The van der Waals surface area contributed by atoms with Gasteiger partial charge in [-0.05, 0) is 11.1 Å². The van der Waals surface area contributed by atoms with Crippen molar-refractivity contribution in [3.05, 3.63) is 84.4 Å². The van der Waals surface area contributed by atoms with Crippen LogP contribution < -0.4 is 4.90 Å². The lowest BCUT2D eigenvalue weighted by Gasteiger charge is -2.27. The largest absolute Gasteiger partial charge is 0.472 e. The van der Waals surface area contributed by atoms with Crippen LogP contribution in [-0.4, -0.2) is 54.4 Å². The van der Waals surface area contributed by atoms with Gasteiger partial charge in [0.15, 0.2) is 23.2 Å². The van der Waals surface area contributed by atoms with Gasteiger partial charge in [-0.3, -0.25) is 13.6 Å². The Kier molecular flexibility index (Phi) is 6.04. The van der Waals surface area contributed by atoms with E-state index in [1.165, 1.54) is 12.7 Å². The van der Waals surface area contributed by atoms with E-state index in [1.807, 2.05) is 36.4 Å². The standard InChI is InChI=1S/C24H24N5O6P/c30-20-21-18(13-33-36(31,32)35-21)34-24(20)29-15-27-19-22(25-14-26-23(19)29)28(11-16-7-3-1-4-8-16)12-17-9-5-2-6-10-17/h1-10,14-15,18,20-21,24,30H,11-13H2,(H,31,32)/t18-,20-,21-,24-/m1/s1. The molecule has 2 fully saturated rings. The molecule has 6 rings (SSSR count). The highest BCUT2D eigenvalue weighted by molar-refractivity contribution is 7.47. The van der Waals surface area contributed by atoms with E-state index in [9.17, 15) is 14.6 Å². The molecule has 1 unspecified atom stereocenters. The summed E-state index contributed by atoms with van der Waals surface area (Å²) in [5.74, 6) is 0.635. The number of aromatic nitrogens is 4. The number of hydrogen-bond acceptors (Lipinski definition) is 9. The maximum atomic E-state index is 11.8. The van der Waals surface area contributed by atoms with Gasteiger partial charge in [0.25, 0.3) is 0 Å². The third kappa shape index (κ3) is 4.41. The molecule has 5 atom stereocenters. The van der Waals surface area contributed by atoms with Crippen LogP contribution in [0.1, 0.15) is 17.4 Å². The summed E-state index contributed by atoms with van der Waals surface area (Å²) in [7, 11) is -4.23. The quantitative estimate of drug-likeness (QED) is 0.374. The molecule has 36 heavy (non-hydrogen) atoms. The van der Waals surface area contributed by atoms with Crippen molar-refractivity contribution in [2.24, 2.45) is 0 Å². The van der Waals surface area contributed by atoms with Crippen LogP contribution in [0.25, 0.3) is 11.2 Å². The zero-order valence-corrected chi connectivity index (χ0v) is 20.0. The van der Waals surface area contributed by atoms with Gasteiger partial charge in [0, 0.05) is 13.1 Å². The molecule has 2 N–H and O–H groups in total. The molecule has 0 aliphatic carbocycles. The Morgan fingerprint density at radius 2 is 1.67 bits per heavy atom. The fourth-order valence-electron chi connectivity index (χ4n) is 4.64. The Bertz CT molecular complexity index is 1360. The lowest BCUT2D eigenvalue weighted by molar-refractivity contribution is -0.0664. The van der Waals surface area contributed by atoms with E-state index in [2.05, 4.69) is 44.1 Å². The molecule has 11 nitrogen and oxygen atoms in total. The third-order valence-electron chi connectivity index (χ3n) is 6.31. The Balaban J connectivity index is 1.36. The minimum Gasteiger partial charge on any atom is -0.386 e. The molecule has 2 aromatic carbocycles. The van der Waals surface area contributed by atoms with Gasteiger partial charge in [-0.15, -0.1) is 0 Å². The van der Waals surface area contributed by atoms with Crippen LogP contribution in [0.3, 0.4) is 0 Å². The molecular formula is C24H24N5O6P. The van der Waals surface area contributed by atoms with Crippen molar-refractivity contribution < 1.29 is 28.3 Å². The number of rotatable bonds is 6. The second-order valence-electron chi connectivity index (χ2n) is 8.74. The highest BCUT2D eigenvalue weighted by atomic mass is 31.2. The van der Waals surface area contributed by atoms with Gasteiger partial charge in [-0.25, -0.2) is 19.5 Å². The topological polar surface area (TPSA) is 132 Å². The highest BCUT2D eigenvalue weighted by Crippen LogP contribution is 2.52. The van der Waals surface area contributed by atoms with Crippen LogP contribution in [0.4, 0.5) is 5.82 Å². The van der Waals surface area contributed by atoms with Crippen LogP contribution in [0, 0.1) is 0 Å². The Morgan fingerprint density at radius 3 is 2.33 bits per heavy atom. The molecule has 0 spiro atoms. The first-order valence-electron chi connectivity index (χ1n) is 11.5. The number of phosphoric ester groups is 1. The summed E-state index contributed by atoms with van der Waals surface area (Å²) in [6, 6.07) is 20.2. The maximum absolute atomic E-state index is 11.8. The van der Waals surface area contributed by atoms with E-state index < -0.39 is 32.4 Å². The minimum atomic E-state index is -4.23. The van der Waals surface area contributed by atoms with Crippen molar-refractivity contribution >= 4 is 24.8 Å². The van der Waals surface area contributed by atoms with Crippen molar-refractivity contribution in [3.63, 3.8) is 0 Å². The van der Waals surface area contributed by atoms with Gasteiger partial charge in [-0.2, -0.15) is 0 Å². The van der Waals surface area contributed by atoms with Gasteiger partial charge < -0.3 is 19.6 Å². The Labute approximate surface area is 206 Å². The molecule has 0 radical (unpaired) electrons. The second-order valence-corrected chi connectivity index (χ2v) is 10.1. The predicted octanol–water partition coefficient (Wildman–Crippen LogP) is 2.81. The number of nitrogens with zero attached hydrogens (tertiary/aromatic N) is 5. The molecule has 2 aliphatic rings. The predicted molar refractivity (Wildman–Crippen MR) is 129 cm³/mol. The van der Waals surface area contributed by atoms with E-state index in [0.29, 0.717) is 30.1 Å². The smallest absolute Gasteiger partial charge is 0.386 e. The molecule has 0 bridgehead atoms. The van der Waals surface area contributed by atoms with Crippen molar-refractivity contribution in [1.29, 1.82) is 0 Å². The lowest BCUT2D eigenvalue weighted by Crippen LogP contribution is -2.39. The second kappa shape index (κ2) is 9.36. The van der Waals surface area contributed by atoms with Gasteiger partial charge in [0.2, 0.25) is 0 Å². The first kappa shape index (κ1) is 23.2. The number of anilines is 1. The summed E-state index contributed by atoms with van der Waals surface area (Å²) in [6.07, 6.45) is -0.881. The van der Waals surface area contributed by atoms with E-state index >= 15 is 0 Å². The first-order chi connectivity index (χ1) is 17.5. The molecule has 186 valence electrons. The molecular weight excluding hydrogens is 485 g/mol. The molecule has 4 heterocycles. The molecule has 2 aliphatic heterocycles. The zero-order valence-electron chi connectivity index (χ0n) is 19.1. The fraction of sp³-hybridized carbons (Fsp3) is 0.292. The van der Waals surface area contributed by atoms with E-state index in [-0.39, 0.29) is 6.61 Å². The molecule has 2 saturated heterocycles. The number of benzene rings is 2. The first-order valence-corrected chi connectivity index (χ1v) is 13.0. The Hall–Kier alpha value is -3.18. The van der Waals surface area contributed by atoms with Crippen molar-refractivity contribution in [1.82, 2.24) is 19.5 Å². The molecule has 0 amide bonds. The van der Waals surface area contributed by atoms with E-state index in [4.69, 9.17) is 13.8 Å². The van der Waals surface area contributed by atoms with Gasteiger partial charge in [-0.1, -0.05) is 60.7 Å². The number of aliphatic hydroxyl groups excluding tert-OH is 1. The number of phosphoric acid groups is 1. The summed E-state index contributed by atoms with van der Waals surface area (Å²) in [5.41, 5.74) is 3.23. The highest BCUT2D eigenvalue weighted by Gasteiger charge is 2.52. The summed E-state index contributed by atoms with van der Waals surface area (Å²) >= 11 is 0. The minimum absolute atomic E-state index is 0.166. The third-order valence-corrected chi connectivity index (χ3v) is 7.30. The average Bonchev–Trinajstić information content (AvgIpc) is 3.45. The van der Waals surface area contributed by atoms with Crippen LogP contribution in [0.5, 0.6) is 0 Å². The molecule has 4 aromatic rings. The SMILES string of the molecule is O=P1(O)OC[C@H]2O[C@@H](n3cnc4c(N(Cc5ccccc5)Cc5ccccc5)ncnc43)[C@H](O)[C@@H]2O1. The van der Waals surface area contributed by atoms with Crippen LogP contribution >= 0.6 is 7.82 Å². The maximum Gasteiger partial charge on any atom is 0.472 e. The van der Waals surface area contributed by atoms with Crippen molar-refractivity contribution in [3.8, 4) is 0 Å². The molecule has 12 heteroatoms. The molecule has 0 saturated carbocycles. The van der Waals surface area contributed by atoms with Crippen LogP contribution in [0.15, 0.2) is 73.3 Å². The van der Waals surface area contributed by atoms with E-state index in [0.717, 1.165) is 11.1 Å². The summed E-state index contributed by atoms with van der Waals surface area (Å²) in [5, 5.41) is 10.9. The zero-order chi connectivity index (χ0) is 24.7. The van der Waals surface area contributed by atoms with Gasteiger partial charge >= 0.3 is 7.82 Å².